The first kappa shape index (κ1) is 16.7. The molecular weight excluding hydrogens is 279 g/mol. The van der Waals surface area contributed by atoms with Gasteiger partial charge in [0.15, 0.2) is 0 Å². The van der Waals surface area contributed by atoms with Crippen LogP contribution in [0.2, 0.25) is 0 Å². The van der Waals surface area contributed by atoms with Crippen molar-refractivity contribution in [2.45, 2.75) is 5.78 Å². The van der Waals surface area contributed by atoms with Crippen LogP contribution in [0.5, 0.6) is 5.75 Å². The van der Waals surface area contributed by atoms with E-state index in [1.165, 1.54) is 0 Å². The van der Waals surface area contributed by atoms with Gasteiger partial charge in [-0.2, -0.15) is 0 Å². The van der Waals surface area contributed by atoms with Crippen LogP contribution in [0.25, 0.3) is 0 Å². The number of ether oxygens (including phenoxy) is 1. The number of carbonyl (C=O) groups is 1. The summed E-state index contributed by atoms with van der Waals surface area (Å²) < 4.78 is 17.6. The first-order chi connectivity index (χ1) is 9.29. The first-order valence-corrected chi connectivity index (χ1v) is 8.76. The largest absolute Gasteiger partial charge is 0.497 e. The van der Waals surface area contributed by atoms with Crippen molar-refractivity contribution >= 4 is 13.6 Å². The van der Waals surface area contributed by atoms with Crippen molar-refractivity contribution < 1.29 is 19.3 Å². The molecule has 0 aliphatic heterocycles. The number of carbonyl (C=O) groups excluding carboxylic acids is 1. The van der Waals surface area contributed by atoms with E-state index in [0.29, 0.717) is 17.2 Å². The summed E-state index contributed by atoms with van der Waals surface area (Å²) in [6.45, 7) is 3.34. The topological polar surface area (TPSA) is 70.1 Å². The van der Waals surface area contributed by atoms with E-state index in [-0.39, 0.29) is 12.5 Å². The Morgan fingerprint density at radius 3 is 2.30 bits per heavy atom. The third-order valence-corrected chi connectivity index (χ3v) is 4.78. The van der Waals surface area contributed by atoms with Crippen LogP contribution in [-0.2, 0) is 9.36 Å². The molecule has 1 atom stereocenters. The first-order valence-electron chi connectivity index (χ1n) is 6.09. The number of hydroxylamine groups is 2. The van der Waals surface area contributed by atoms with Crippen LogP contribution in [0.15, 0.2) is 24.3 Å². The summed E-state index contributed by atoms with van der Waals surface area (Å²) in [4.78, 5) is 12.2. The summed E-state index contributed by atoms with van der Waals surface area (Å²) >= 11 is 0. The highest BCUT2D eigenvalue weighted by molar-refractivity contribution is 7.62. The van der Waals surface area contributed by atoms with Gasteiger partial charge in [0.1, 0.15) is 19.6 Å². The fourth-order valence-electron chi connectivity index (χ4n) is 2.20. The molecule has 0 saturated carbocycles. The SMILES string of the molecule is COc1ccc(C(N(C)CN(O)C=O)P(C)(C)=O)cc1. The average Bonchev–Trinajstić information content (AvgIpc) is 2.37. The van der Waals surface area contributed by atoms with E-state index in [9.17, 15) is 14.6 Å². The van der Waals surface area contributed by atoms with E-state index >= 15 is 0 Å². The number of hydrogen-bond acceptors (Lipinski definition) is 5. The van der Waals surface area contributed by atoms with Gasteiger partial charge in [0, 0.05) is 0 Å². The fourth-order valence-corrected chi connectivity index (χ4v) is 4.12. The van der Waals surface area contributed by atoms with Gasteiger partial charge in [-0.3, -0.25) is 14.9 Å². The molecule has 1 N–H and O–H groups in total. The van der Waals surface area contributed by atoms with Crippen molar-refractivity contribution in [3.05, 3.63) is 29.8 Å². The van der Waals surface area contributed by atoms with E-state index in [1.807, 2.05) is 12.1 Å². The number of amides is 1. The second kappa shape index (κ2) is 6.88. The highest BCUT2D eigenvalue weighted by atomic mass is 31.2. The highest BCUT2D eigenvalue weighted by Gasteiger charge is 2.29. The normalized spacial score (nSPS) is 13.1. The van der Waals surface area contributed by atoms with Crippen LogP contribution in [0.4, 0.5) is 0 Å². The van der Waals surface area contributed by atoms with Crippen LogP contribution >= 0.6 is 7.14 Å². The van der Waals surface area contributed by atoms with Gasteiger partial charge in [0.25, 0.3) is 0 Å². The van der Waals surface area contributed by atoms with Crippen LogP contribution in [0.3, 0.4) is 0 Å². The minimum atomic E-state index is -2.51. The maximum atomic E-state index is 12.5. The molecule has 20 heavy (non-hydrogen) atoms. The lowest BCUT2D eigenvalue weighted by Crippen LogP contribution is -2.35. The fraction of sp³-hybridized carbons (Fsp3) is 0.462. The van der Waals surface area contributed by atoms with Crippen LogP contribution in [-0.4, -0.2) is 55.7 Å². The molecule has 0 radical (unpaired) electrons. The van der Waals surface area contributed by atoms with Gasteiger partial charge in [-0.1, -0.05) is 12.1 Å². The third-order valence-electron chi connectivity index (χ3n) is 2.91. The van der Waals surface area contributed by atoms with Crippen molar-refractivity contribution in [1.29, 1.82) is 0 Å². The zero-order chi connectivity index (χ0) is 15.3. The number of methoxy groups -OCH3 is 1. The van der Waals surface area contributed by atoms with E-state index in [2.05, 4.69) is 0 Å². The summed E-state index contributed by atoms with van der Waals surface area (Å²) in [5, 5.41) is 9.81. The minimum absolute atomic E-state index is 0.0220. The quantitative estimate of drug-likeness (QED) is 0.274. The van der Waals surface area contributed by atoms with Gasteiger partial charge in [0.2, 0.25) is 6.41 Å². The van der Waals surface area contributed by atoms with Gasteiger partial charge in [-0.25, -0.2) is 5.06 Å². The molecule has 0 aliphatic carbocycles. The van der Waals surface area contributed by atoms with Crippen molar-refractivity contribution in [3.63, 3.8) is 0 Å². The lowest BCUT2D eigenvalue weighted by atomic mass is 10.2. The number of benzene rings is 1. The molecule has 0 bridgehead atoms. The van der Waals surface area contributed by atoms with E-state index in [1.54, 1.807) is 44.5 Å². The molecular formula is C13H21N2O4P. The van der Waals surface area contributed by atoms with Crippen molar-refractivity contribution in [2.24, 2.45) is 0 Å². The van der Waals surface area contributed by atoms with Crippen molar-refractivity contribution in [2.75, 3.05) is 34.2 Å². The average molecular weight is 300 g/mol. The van der Waals surface area contributed by atoms with Gasteiger partial charge in [0.05, 0.1) is 12.9 Å². The van der Waals surface area contributed by atoms with E-state index < -0.39 is 7.14 Å². The molecule has 0 spiro atoms. The smallest absolute Gasteiger partial charge is 0.234 e. The summed E-state index contributed by atoms with van der Waals surface area (Å²) in [7, 11) is 0.777. The predicted molar refractivity (Wildman–Crippen MR) is 77.5 cm³/mol. The summed E-state index contributed by atoms with van der Waals surface area (Å²) in [5.41, 5.74) is 0.848. The second-order valence-corrected chi connectivity index (χ2v) is 8.38. The Hall–Kier alpha value is -1.36. The van der Waals surface area contributed by atoms with Crippen molar-refractivity contribution in [3.8, 4) is 5.75 Å². The van der Waals surface area contributed by atoms with Gasteiger partial charge in [-0.05, 0) is 38.1 Å². The van der Waals surface area contributed by atoms with Gasteiger partial charge >= 0.3 is 0 Å². The monoisotopic (exact) mass is 300 g/mol. The molecule has 0 saturated heterocycles. The van der Waals surface area contributed by atoms with Crippen LogP contribution in [0.1, 0.15) is 11.3 Å². The predicted octanol–water partition coefficient (Wildman–Crippen LogP) is 2.05. The zero-order valence-electron chi connectivity index (χ0n) is 12.2. The number of rotatable bonds is 7. The zero-order valence-corrected chi connectivity index (χ0v) is 13.1. The highest BCUT2D eigenvalue weighted by Crippen LogP contribution is 2.54. The summed E-state index contributed by atoms with van der Waals surface area (Å²) in [6, 6.07) is 7.26. The maximum absolute atomic E-state index is 12.5. The lowest BCUT2D eigenvalue weighted by molar-refractivity contribution is -0.158. The van der Waals surface area contributed by atoms with Crippen LogP contribution in [0, 0.1) is 0 Å². The molecule has 7 heteroatoms. The molecule has 1 aromatic rings. The Bertz CT molecular complexity index is 486. The molecule has 1 amide bonds. The van der Waals surface area contributed by atoms with Gasteiger partial charge in [-0.15, -0.1) is 0 Å². The van der Waals surface area contributed by atoms with E-state index in [4.69, 9.17) is 4.74 Å². The minimum Gasteiger partial charge on any atom is -0.497 e. The number of nitrogens with zero attached hydrogens (tertiary/aromatic N) is 2. The standard InChI is InChI=1S/C13H21N2O4P/c1-14(9-15(17)10-16)13(20(3,4)18)11-5-7-12(19-2)8-6-11/h5-8,10,13,17H,9H2,1-4H3. The molecule has 0 aliphatic rings. The molecule has 1 aromatic carbocycles. The lowest BCUT2D eigenvalue weighted by Gasteiger charge is -2.32. The molecule has 0 heterocycles. The second-order valence-electron chi connectivity index (χ2n) is 5.02. The van der Waals surface area contributed by atoms with Crippen LogP contribution < -0.4 is 4.74 Å². The molecule has 0 aromatic heterocycles. The summed E-state index contributed by atoms with van der Waals surface area (Å²) in [6.07, 6.45) is 0.317. The Kier molecular flexibility index (Phi) is 5.74. The molecule has 1 rings (SSSR count). The Morgan fingerprint density at radius 2 is 1.90 bits per heavy atom. The number of hydrogen-bond donors (Lipinski definition) is 1. The third kappa shape index (κ3) is 4.34. The molecule has 6 nitrogen and oxygen atoms in total. The Balaban J connectivity index is 3.05. The Morgan fingerprint density at radius 1 is 1.35 bits per heavy atom. The van der Waals surface area contributed by atoms with E-state index in [0.717, 1.165) is 5.56 Å². The maximum Gasteiger partial charge on any atom is 0.234 e. The molecule has 112 valence electrons. The summed E-state index contributed by atoms with van der Waals surface area (Å²) in [5.74, 6) is 0.330. The molecule has 0 fully saturated rings. The Labute approximate surface area is 119 Å². The molecule has 1 unspecified atom stereocenters. The van der Waals surface area contributed by atoms with Crippen molar-refractivity contribution in [1.82, 2.24) is 9.96 Å². The van der Waals surface area contributed by atoms with Gasteiger partial charge < -0.3 is 9.30 Å².